The van der Waals surface area contributed by atoms with E-state index >= 15 is 0 Å². The van der Waals surface area contributed by atoms with Crippen molar-refractivity contribution >= 4 is 11.6 Å². The first-order valence-electron chi connectivity index (χ1n) is 2.86. The molecule has 3 heteroatoms. The maximum atomic E-state index is 10.6. The standard InChI is InChI=1S/C6H9NO2/c1-7(2)4-3-5(8)6(4)9/h4H,3H2,1-2H3. The molecule has 1 aliphatic carbocycles. The Morgan fingerprint density at radius 3 is 2.11 bits per heavy atom. The van der Waals surface area contributed by atoms with E-state index in [4.69, 9.17) is 0 Å². The summed E-state index contributed by atoms with van der Waals surface area (Å²) < 4.78 is 0. The highest BCUT2D eigenvalue weighted by Gasteiger charge is 2.38. The largest absolute Gasteiger partial charge is 0.299 e. The molecule has 50 valence electrons. The van der Waals surface area contributed by atoms with Crippen LogP contribution in [0.25, 0.3) is 0 Å². The molecule has 1 aliphatic rings. The molecule has 1 atom stereocenters. The molecule has 1 saturated carbocycles. The van der Waals surface area contributed by atoms with Gasteiger partial charge in [0.2, 0.25) is 11.6 Å². The zero-order valence-corrected chi connectivity index (χ0v) is 5.55. The minimum atomic E-state index is -0.236. The molecule has 1 rings (SSSR count). The molecule has 0 N–H and O–H groups in total. The van der Waals surface area contributed by atoms with Crippen LogP contribution in [0.3, 0.4) is 0 Å². The SMILES string of the molecule is CN(C)C1CC(=O)C1=O. The summed E-state index contributed by atoms with van der Waals surface area (Å²) in [6.45, 7) is 0. The van der Waals surface area contributed by atoms with E-state index in [0.29, 0.717) is 6.42 Å². The van der Waals surface area contributed by atoms with Crippen LogP contribution in [0.5, 0.6) is 0 Å². The van der Waals surface area contributed by atoms with Gasteiger partial charge in [0.25, 0.3) is 0 Å². The Balaban J connectivity index is 2.52. The molecule has 0 aliphatic heterocycles. The van der Waals surface area contributed by atoms with E-state index in [2.05, 4.69) is 0 Å². The van der Waals surface area contributed by atoms with E-state index in [1.807, 2.05) is 0 Å². The average molecular weight is 127 g/mol. The Kier molecular flexibility index (Phi) is 1.37. The van der Waals surface area contributed by atoms with Gasteiger partial charge in [-0.05, 0) is 14.1 Å². The maximum Gasteiger partial charge on any atom is 0.215 e. The second kappa shape index (κ2) is 1.92. The molecule has 3 nitrogen and oxygen atoms in total. The lowest BCUT2D eigenvalue weighted by Crippen LogP contribution is -2.50. The van der Waals surface area contributed by atoms with Gasteiger partial charge in [0.1, 0.15) is 0 Å². The van der Waals surface area contributed by atoms with Crippen LogP contribution in [0.1, 0.15) is 6.42 Å². The summed E-state index contributed by atoms with van der Waals surface area (Å²) >= 11 is 0. The van der Waals surface area contributed by atoms with Crippen LogP contribution in [0.2, 0.25) is 0 Å². The highest BCUT2D eigenvalue weighted by atomic mass is 16.2. The molecule has 1 unspecified atom stereocenters. The molecular formula is C6H9NO2. The fourth-order valence-electron chi connectivity index (χ4n) is 0.841. The topological polar surface area (TPSA) is 37.4 Å². The van der Waals surface area contributed by atoms with Crippen molar-refractivity contribution in [3.05, 3.63) is 0 Å². The Morgan fingerprint density at radius 2 is 2.00 bits per heavy atom. The van der Waals surface area contributed by atoms with E-state index in [-0.39, 0.29) is 17.6 Å². The van der Waals surface area contributed by atoms with Gasteiger partial charge in [-0.25, -0.2) is 0 Å². The van der Waals surface area contributed by atoms with Crippen molar-refractivity contribution < 1.29 is 9.59 Å². The number of likely N-dealkylation sites (N-methyl/N-ethyl adjacent to an activating group) is 1. The quantitative estimate of drug-likeness (QED) is 0.444. The molecule has 0 bridgehead atoms. The monoisotopic (exact) mass is 127 g/mol. The van der Waals surface area contributed by atoms with E-state index in [1.165, 1.54) is 0 Å². The van der Waals surface area contributed by atoms with Gasteiger partial charge in [-0.1, -0.05) is 0 Å². The van der Waals surface area contributed by atoms with Gasteiger partial charge in [0, 0.05) is 6.42 Å². The number of ketones is 2. The van der Waals surface area contributed by atoms with E-state index in [9.17, 15) is 9.59 Å². The Morgan fingerprint density at radius 1 is 1.44 bits per heavy atom. The predicted molar refractivity (Wildman–Crippen MR) is 32.1 cm³/mol. The van der Waals surface area contributed by atoms with Crippen LogP contribution in [0.4, 0.5) is 0 Å². The molecule has 0 saturated heterocycles. The number of carbonyl (C=O) groups excluding carboxylic acids is 2. The summed E-state index contributed by atoms with van der Waals surface area (Å²) in [5, 5.41) is 0. The summed E-state index contributed by atoms with van der Waals surface area (Å²) in [4.78, 5) is 22.7. The summed E-state index contributed by atoms with van der Waals surface area (Å²) in [5.41, 5.74) is 0. The first-order valence-corrected chi connectivity index (χ1v) is 2.86. The van der Waals surface area contributed by atoms with Crippen molar-refractivity contribution in [2.45, 2.75) is 12.5 Å². The lowest BCUT2D eigenvalue weighted by atomic mass is 9.89. The van der Waals surface area contributed by atoms with Crippen LogP contribution in [-0.2, 0) is 9.59 Å². The van der Waals surface area contributed by atoms with Crippen molar-refractivity contribution in [1.82, 2.24) is 4.90 Å². The van der Waals surface area contributed by atoms with Gasteiger partial charge in [0.15, 0.2) is 0 Å². The number of rotatable bonds is 1. The summed E-state index contributed by atoms with van der Waals surface area (Å²) in [7, 11) is 3.60. The Bertz CT molecular complexity index is 162. The lowest BCUT2D eigenvalue weighted by molar-refractivity contribution is -0.147. The fraction of sp³-hybridized carbons (Fsp3) is 0.667. The number of carbonyl (C=O) groups is 2. The second-order valence-electron chi connectivity index (χ2n) is 2.47. The molecule has 0 spiro atoms. The molecule has 0 aromatic heterocycles. The van der Waals surface area contributed by atoms with Gasteiger partial charge in [-0.15, -0.1) is 0 Å². The van der Waals surface area contributed by atoms with Crippen LogP contribution < -0.4 is 0 Å². The summed E-state index contributed by atoms with van der Waals surface area (Å²) in [6.07, 6.45) is 0.409. The molecule has 0 radical (unpaired) electrons. The fourth-order valence-corrected chi connectivity index (χ4v) is 0.841. The third kappa shape index (κ3) is 0.876. The molecule has 0 aromatic carbocycles. The molecule has 9 heavy (non-hydrogen) atoms. The van der Waals surface area contributed by atoms with Crippen molar-refractivity contribution in [2.24, 2.45) is 0 Å². The second-order valence-corrected chi connectivity index (χ2v) is 2.47. The molecule has 0 aromatic rings. The van der Waals surface area contributed by atoms with Crippen LogP contribution in [-0.4, -0.2) is 36.6 Å². The first kappa shape index (κ1) is 6.42. The highest BCUT2D eigenvalue weighted by Crippen LogP contribution is 2.13. The summed E-state index contributed by atoms with van der Waals surface area (Å²) in [5.74, 6) is -0.464. The van der Waals surface area contributed by atoms with Gasteiger partial charge < -0.3 is 0 Å². The highest BCUT2D eigenvalue weighted by molar-refractivity contribution is 6.46. The van der Waals surface area contributed by atoms with Gasteiger partial charge >= 0.3 is 0 Å². The predicted octanol–water partition coefficient (Wildman–Crippen LogP) is -0.542. The van der Waals surface area contributed by atoms with Crippen LogP contribution >= 0.6 is 0 Å². The number of nitrogens with zero attached hydrogens (tertiary/aromatic N) is 1. The van der Waals surface area contributed by atoms with Crippen LogP contribution in [0, 0.1) is 0 Å². The molecule has 0 heterocycles. The van der Waals surface area contributed by atoms with Gasteiger partial charge in [-0.2, -0.15) is 0 Å². The van der Waals surface area contributed by atoms with E-state index in [1.54, 1.807) is 19.0 Å². The Hall–Kier alpha value is -0.700. The van der Waals surface area contributed by atoms with Crippen molar-refractivity contribution in [1.29, 1.82) is 0 Å². The number of hydrogen-bond acceptors (Lipinski definition) is 3. The zero-order valence-electron chi connectivity index (χ0n) is 5.55. The smallest absolute Gasteiger partial charge is 0.215 e. The zero-order chi connectivity index (χ0) is 7.02. The van der Waals surface area contributed by atoms with Gasteiger partial charge in [0.05, 0.1) is 6.04 Å². The normalized spacial score (nSPS) is 26.8. The van der Waals surface area contributed by atoms with E-state index in [0.717, 1.165) is 0 Å². The van der Waals surface area contributed by atoms with Crippen molar-refractivity contribution in [3.63, 3.8) is 0 Å². The third-order valence-electron chi connectivity index (χ3n) is 1.58. The molecule has 1 fully saturated rings. The third-order valence-corrected chi connectivity index (χ3v) is 1.58. The maximum absolute atomic E-state index is 10.6. The van der Waals surface area contributed by atoms with Crippen LogP contribution in [0.15, 0.2) is 0 Å². The minimum absolute atomic E-state index is 0.127. The van der Waals surface area contributed by atoms with E-state index < -0.39 is 0 Å². The Labute approximate surface area is 53.6 Å². The van der Waals surface area contributed by atoms with Crippen molar-refractivity contribution in [2.75, 3.05) is 14.1 Å². The first-order chi connectivity index (χ1) is 4.13. The summed E-state index contributed by atoms with van der Waals surface area (Å²) in [6, 6.07) is -0.127. The minimum Gasteiger partial charge on any atom is -0.299 e. The van der Waals surface area contributed by atoms with Crippen molar-refractivity contribution in [3.8, 4) is 0 Å². The molecular weight excluding hydrogens is 118 g/mol. The lowest BCUT2D eigenvalue weighted by Gasteiger charge is -2.28. The average Bonchev–Trinajstić information content (AvgIpc) is 1.81. The molecule has 0 amide bonds. The number of hydrogen-bond donors (Lipinski definition) is 0. The van der Waals surface area contributed by atoms with Gasteiger partial charge in [-0.3, -0.25) is 14.5 Å². The number of Topliss-reactive ketones (excluding diaryl/α,β-unsaturated/α-hetero) is 2.